The summed E-state index contributed by atoms with van der Waals surface area (Å²) in [6.45, 7) is 1.51. The van der Waals surface area contributed by atoms with Gasteiger partial charge in [0.05, 0.1) is 5.69 Å². The standard InChI is InChI=1S/C24H25FN4O2/c25-23-14-17(7-9-22(23)18-4-2-1-3-5-18)6-8-19-15-21(31-28-19)16-27-24(26)29-12-10-20(30)11-13-29/h1-5,7,9,14-15H,6,8,10-13,16H2,(H2,26,27). The number of hydrogen-bond acceptors (Lipinski definition) is 4. The molecule has 2 aromatic carbocycles. The van der Waals surface area contributed by atoms with Crippen LogP contribution >= 0.6 is 0 Å². The second-order valence-electron chi connectivity index (χ2n) is 7.66. The molecule has 1 aliphatic rings. The van der Waals surface area contributed by atoms with E-state index in [0.717, 1.165) is 16.8 Å². The van der Waals surface area contributed by atoms with Gasteiger partial charge in [-0.15, -0.1) is 0 Å². The number of nitrogens with two attached hydrogens (primary N) is 1. The number of aryl methyl sites for hydroxylation is 2. The number of guanidine groups is 1. The predicted octanol–water partition coefficient (Wildman–Crippen LogP) is 3.75. The van der Waals surface area contributed by atoms with Crippen LogP contribution in [0.15, 0.2) is 64.1 Å². The second kappa shape index (κ2) is 9.55. The molecule has 1 saturated heterocycles. The monoisotopic (exact) mass is 420 g/mol. The largest absolute Gasteiger partial charge is 0.370 e. The first-order chi connectivity index (χ1) is 15.1. The van der Waals surface area contributed by atoms with Crippen molar-refractivity contribution < 1.29 is 13.7 Å². The number of piperidine rings is 1. The Kier molecular flexibility index (Phi) is 6.40. The van der Waals surface area contributed by atoms with Crippen molar-refractivity contribution in [1.29, 1.82) is 0 Å². The highest BCUT2D eigenvalue weighted by molar-refractivity contribution is 5.84. The maximum Gasteiger partial charge on any atom is 0.191 e. The molecular weight excluding hydrogens is 395 g/mol. The molecule has 0 saturated carbocycles. The molecule has 6 nitrogen and oxygen atoms in total. The number of Topliss-reactive ketones (excluding diaryl/α,β-unsaturated/α-hetero) is 1. The molecule has 2 N–H and O–H groups in total. The van der Waals surface area contributed by atoms with Crippen molar-refractivity contribution in [1.82, 2.24) is 10.1 Å². The average molecular weight is 420 g/mol. The molecule has 0 amide bonds. The van der Waals surface area contributed by atoms with Gasteiger partial charge in [0, 0.05) is 37.6 Å². The van der Waals surface area contributed by atoms with Crippen LogP contribution in [-0.2, 0) is 24.2 Å². The molecule has 7 heteroatoms. The summed E-state index contributed by atoms with van der Waals surface area (Å²) in [5, 5.41) is 4.08. The molecule has 1 aromatic heterocycles. The molecule has 4 rings (SSSR count). The van der Waals surface area contributed by atoms with E-state index in [0.29, 0.717) is 62.6 Å². The fourth-order valence-corrected chi connectivity index (χ4v) is 3.63. The number of rotatable bonds is 6. The van der Waals surface area contributed by atoms with Gasteiger partial charge in [0.2, 0.25) is 0 Å². The quantitative estimate of drug-likeness (QED) is 0.485. The van der Waals surface area contributed by atoms with Gasteiger partial charge in [-0.25, -0.2) is 9.38 Å². The zero-order chi connectivity index (χ0) is 21.6. The van der Waals surface area contributed by atoms with Crippen molar-refractivity contribution in [2.45, 2.75) is 32.2 Å². The SMILES string of the molecule is NC(=NCc1cc(CCc2ccc(-c3ccccc3)c(F)c2)no1)N1CCC(=O)CC1. The molecule has 1 aliphatic heterocycles. The summed E-state index contributed by atoms with van der Waals surface area (Å²) >= 11 is 0. The van der Waals surface area contributed by atoms with E-state index in [1.54, 1.807) is 6.07 Å². The average Bonchev–Trinajstić information content (AvgIpc) is 3.25. The van der Waals surface area contributed by atoms with E-state index in [-0.39, 0.29) is 11.6 Å². The van der Waals surface area contributed by atoms with Gasteiger partial charge in [0.1, 0.15) is 18.1 Å². The second-order valence-corrected chi connectivity index (χ2v) is 7.66. The molecule has 0 spiro atoms. The minimum atomic E-state index is -0.228. The van der Waals surface area contributed by atoms with E-state index in [4.69, 9.17) is 10.3 Å². The van der Waals surface area contributed by atoms with Gasteiger partial charge in [0.25, 0.3) is 0 Å². The van der Waals surface area contributed by atoms with Crippen LogP contribution in [0.25, 0.3) is 11.1 Å². The maximum absolute atomic E-state index is 14.5. The highest BCUT2D eigenvalue weighted by atomic mass is 19.1. The summed E-state index contributed by atoms with van der Waals surface area (Å²) in [6, 6.07) is 16.7. The van der Waals surface area contributed by atoms with Crippen molar-refractivity contribution in [3.63, 3.8) is 0 Å². The van der Waals surface area contributed by atoms with E-state index in [1.165, 1.54) is 0 Å². The number of likely N-dealkylation sites (tertiary alicyclic amines) is 1. The number of hydrogen-bond donors (Lipinski definition) is 1. The Morgan fingerprint density at radius 3 is 2.61 bits per heavy atom. The van der Waals surface area contributed by atoms with Crippen molar-refractivity contribution in [3.8, 4) is 11.1 Å². The Bertz CT molecular complexity index is 1070. The van der Waals surface area contributed by atoms with Crippen molar-refractivity contribution >= 4 is 11.7 Å². The smallest absolute Gasteiger partial charge is 0.191 e. The molecular formula is C24H25FN4O2. The number of carbonyl (C=O) groups excluding carboxylic acids is 1. The molecule has 0 aliphatic carbocycles. The number of aliphatic imine (C=N–C) groups is 1. The number of nitrogens with zero attached hydrogens (tertiary/aromatic N) is 3. The number of benzene rings is 2. The van der Waals surface area contributed by atoms with Gasteiger partial charge in [0.15, 0.2) is 11.7 Å². The van der Waals surface area contributed by atoms with E-state index in [2.05, 4.69) is 10.1 Å². The Balaban J connectivity index is 1.32. The van der Waals surface area contributed by atoms with E-state index in [1.807, 2.05) is 53.4 Å². The van der Waals surface area contributed by atoms with Crippen molar-refractivity contribution in [2.75, 3.05) is 13.1 Å². The number of carbonyl (C=O) groups is 1. The highest BCUT2D eigenvalue weighted by Crippen LogP contribution is 2.24. The zero-order valence-corrected chi connectivity index (χ0v) is 17.3. The summed E-state index contributed by atoms with van der Waals surface area (Å²) < 4.78 is 19.9. The lowest BCUT2D eigenvalue weighted by Crippen LogP contribution is -2.43. The third kappa shape index (κ3) is 5.36. The first-order valence-corrected chi connectivity index (χ1v) is 10.4. The van der Waals surface area contributed by atoms with Crippen LogP contribution < -0.4 is 5.73 Å². The molecule has 0 bridgehead atoms. The lowest BCUT2D eigenvalue weighted by molar-refractivity contribution is -0.120. The topological polar surface area (TPSA) is 84.7 Å². The van der Waals surface area contributed by atoms with Crippen LogP contribution in [0.3, 0.4) is 0 Å². The molecule has 0 atom stereocenters. The minimum absolute atomic E-state index is 0.228. The zero-order valence-electron chi connectivity index (χ0n) is 17.3. The Morgan fingerprint density at radius 1 is 1.10 bits per heavy atom. The van der Waals surface area contributed by atoms with E-state index in [9.17, 15) is 9.18 Å². The highest BCUT2D eigenvalue weighted by Gasteiger charge is 2.17. The summed E-state index contributed by atoms with van der Waals surface area (Å²) in [4.78, 5) is 17.6. The van der Waals surface area contributed by atoms with Crippen molar-refractivity contribution in [3.05, 3.63) is 77.4 Å². The molecule has 2 heterocycles. The Labute approximate surface area is 180 Å². The lowest BCUT2D eigenvalue weighted by Gasteiger charge is -2.26. The molecule has 31 heavy (non-hydrogen) atoms. The maximum atomic E-state index is 14.5. The van der Waals surface area contributed by atoms with Crippen LogP contribution in [0.5, 0.6) is 0 Å². The van der Waals surface area contributed by atoms with E-state index < -0.39 is 0 Å². The summed E-state index contributed by atoms with van der Waals surface area (Å²) in [5.41, 5.74) is 9.18. The Hall–Kier alpha value is -3.48. The third-order valence-corrected chi connectivity index (χ3v) is 5.44. The van der Waals surface area contributed by atoms with Gasteiger partial charge in [-0.2, -0.15) is 0 Å². The normalized spacial score (nSPS) is 14.8. The fraction of sp³-hybridized carbons (Fsp3) is 0.292. The van der Waals surface area contributed by atoms with Crippen LogP contribution in [0.1, 0.15) is 29.9 Å². The van der Waals surface area contributed by atoms with Crippen LogP contribution in [0.2, 0.25) is 0 Å². The van der Waals surface area contributed by atoms with Gasteiger partial charge < -0.3 is 15.2 Å². The molecule has 0 radical (unpaired) electrons. The van der Waals surface area contributed by atoms with Crippen LogP contribution in [0, 0.1) is 5.82 Å². The van der Waals surface area contributed by atoms with E-state index >= 15 is 0 Å². The molecule has 160 valence electrons. The first-order valence-electron chi connectivity index (χ1n) is 10.4. The van der Waals surface area contributed by atoms with Gasteiger partial charge in [-0.1, -0.05) is 47.6 Å². The Morgan fingerprint density at radius 2 is 1.87 bits per heavy atom. The molecule has 3 aromatic rings. The summed E-state index contributed by atoms with van der Waals surface area (Å²) in [6.07, 6.45) is 2.32. The minimum Gasteiger partial charge on any atom is -0.370 e. The number of halogens is 1. The molecule has 1 fully saturated rings. The van der Waals surface area contributed by atoms with Crippen LogP contribution in [0.4, 0.5) is 4.39 Å². The van der Waals surface area contributed by atoms with Gasteiger partial charge >= 0.3 is 0 Å². The van der Waals surface area contributed by atoms with Crippen LogP contribution in [-0.4, -0.2) is 34.9 Å². The van der Waals surface area contributed by atoms with Gasteiger partial charge in [-0.05, 0) is 30.0 Å². The fourth-order valence-electron chi connectivity index (χ4n) is 3.63. The lowest BCUT2D eigenvalue weighted by atomic mass is 10.0. The summed E-state index contributed by atoms with van der Waals surface area (Å²) in [5.74, 6) is 1.07. The summed E-state index contributed by atoms with van der Waals surface area (Å²) in [7, 11) is 0. The molecule has 0 unspecified atom stereocenters. The third-order valence-electron chi connectivity index (χ3n) is 5.44. The predicted molar refractivity (Wildman–Crippen MR) is 117 cm³/mol. The number of aromatic nitrogens is 1. The number of ketones is 1. The van der Waals surface area contributed by atoms with Crippen molar-refractivity contribution in [2.24, 2.45) is 10.7 Å². The van der Waals surface area contributed by atoms with Gasteiger partial charge in [-0.3, -0.25) is 4.79 Å². The first kappa shape index (κ1) is 20.8.